The number of para-hydroxylation sites is 1. The van der Waals surface area contributed by atoms with Crippen LogP contribution in [0.25, 0.3) is 11.3 Å². The molecule has 2 aromatic rings. The van der Waals surface area contributed by atoms with Gasteiger partial charge < -0.3 is 10.8 Å². The van der Waals surface area contributed by atoms with E-state index in [9.17, 15) is 5.11 Å². The molecule has 76 valence electrons. The van der Waals surface area contributed by atoms with Gasteiger partial charge in [0.15, 0.2) is 0 Å². The number of anilines is 1. The van der Waals surface area contributed by atoms with Crippen molar-refractivity contribution in [1.82, 2.24) is 4.98 Å². The predicted octanol–water partition coefficient (Wildman–Crippen LogP) is 2.69. The number of halogens is 1. The maximum absolute atomic E-state index is 9.63. The fourth-order valence-corrected chi connectivity index (χ4v) is 1.60. The van der Waals surface area contributed by atoms with Gasteiger partial charge in [-0.25, -0.2) is 0 Å². The van der Waals surface area contributed by atoms with Crippen molar-refractivity contribution < 1.29 is 5.11 Å². The molecule has 15 heavy (non-hydrogen) atoms. The standard InChI is InChI=1S/C11H9ClN2O/c12-9-5-7(13)6-14-11(9)8-3-1-2-4-10(8)15/h1-6,15H,13H2. The van der Waals surface area contributed by atoms with E-state index in [0.29, 0.717) is 22.0 Å². The summed E-state index contributed by atoms with van der Waals surface area (Å²) in [5.74, 6) is 0.150. The zero-order chi connectivity index (χ0) is 10.8. The van der Waals surface area contributed by atoms with Gasteiger partial charge in [-0.15, -0.1) is 0 Å². The minimum absolute atomic E-state index is 0.150. The highest BCUT2D eigenvalue weighted by atomic mass is 35.5. The molecule has 0 saturated carbocycles. The molecule has 1 aromatic carbocycles. The van der Waals surface area contributed by atoms with Gasteiger partial charge in [0.2, 0.25) is 0 Å². The maximum atomic E-state index is 9.63. The number of nitrogens with zero attached hydrogens (tertiary/aromatic N) is 1. The van der Waals surface area contributed by atoms with E-state index in [0.717, 1.165) is 0 Å². The molecule has 0 aliphatic carbocycles. The number of nitrogen functional groups attached to an aromatic ring is 1. The van der Waals surface area contributed by atoms with Crippen LogP contribution in [0.2, 0.25) is 5.02 Å². The summed E-state index contributed by atoms with van der Waals surface area (Å²) in [5.41, 5.74) is 7.16. The Balaban J connectivity index is 2.60. The minimum atomic E-state index is 0.150. The molecule has 0 spiro atoms. The summed E-state index contributed by atoms with van der Waals surface area (Å²) >= 11 is 5.98. The third kappa shape index (κ3) is 1.87. The van der Waals surface area contributed by atoms with Crippen molar-refractivity contribution in [3.8, 4) is 17.0 Å². The van der Waals surface area contributed by atoms with Gasteiger partial charge in [-0.05, 0) is 18.2 Å². The molecule has 3 N–H and O–H groups in total. The predicted molar refractivity (Wildman–Crippen MR) is 60.8 cm³/mol. The number of phenols is 1. The van der Waals surface area contributed by atoms with E-state index >= 15 is 0 Å². The van der Waals surface area contributed by atoms with Crippen molar-refractivity contribution in [1.29, 1.82) is 0 Å². The molecule has 1 aromatic heterocycles. The first kappa shape index (κ1) is 9.80. The van der Waals surface area contributed by atoms with Crippen LogP contribution in [0.4, 0.5) is 5.69 Å². The summed E-state index contributed by atoms with van der Waals surface area (Å²) in [6.45, 7) is 0. The van der Waals surface area contributed by atoms with Gasteiger partial charge in [-0.3, -0.25) is 4.98 Å². The van der Waals surface area contributed by atoms with Gasteiger partial charge in [0.1, 0.15) is 5.75 Å². The van der Waals surface area contributed by atoms with Crippen LogP contribution < -0.4 is 5.73 Å². The zero-order valence-electron chi connectivity index (χ0n) is 7.81. The highest BCUT2D eigenvalue weighted by molar-refractivity contribution is 6.33. The normalized spacial score (nSPS) is 10.2. The van der Waals surface area contributed by atoms with E-state index in [1.807, 2.05) is 6.07 Å². The summed E-state index contributed by atoms with van der Waals surface area (Å²) in [4.78, 5) is 4.09. The molecule has 0 saturated heterocycles. The first-order valence-corrected chi connectivity index (χ1v) is 4.75. The number of aromatic hydroxyl groups is 1. The molecule has 2 rings (SSSR count). The number of hydrogen-bond acceptors (Lipinski definition) is 3. The molecule has 0 radical (unpaired) electrons. The Bertz CT molecular complexity index is 500. The fourth-order valence-electron chi connectivity index (χ4n) is 1.32. The number of phenolic OH excluding ortho intramolecular Hbond substituents is 1. The molecule has 0 aliphatic rings. The molecule has 0 aliphatic heterocycles. The van der Waals surface area contributed by atoms with Gasteiger partial charge in [0, 0.05) is 5.56 Å². The Morgan fingerprint density at radius 3 is 2.67 bits per heavy atom. The summed E-state index contributed by atoms with van der Waals surface area (Å²) in [5, 5.41) is 10.1. The number of pyridine rings is 1. The second kappa shape index (κ2) is 3.79. The van der Waals surface area contributed by atoms with Crippen LogP contribution >= 0.6 is 11.6 Å². The van der Waals surface area contributed by atoms with Crippen LogP contribution in [0.15, 0.2) is 36.5 Å². The van der Waals surface area contributed by atoms with Crippen molar-refractivity contribution >= 4 is 17.3 Å². The third-order valence-corrected chi connectivity index (χ3v) is 2.31. The lowest BCUT2D eigenvalue weighted by Gasteiger charge is -2.05. The summed E-state index contributed by atoms with van der Waals surface area (Å²) < 4.78 is 0. The van der Waals surface area contributed by atoms with Gasteiger partial charge in [0.25, 0.3) is 0 Å². The van der Waals surface area contributed by atoms with E-state index in [4.69, 9.17) is 17.3 Å². The van der Waals surface area contributed by atoms with Crippen LogP contribution in [0.1, 0.15) is 0 Å². The van der Waals surface area contributed by atoms with E-state index in [1.165, 1.54) is 6.20 Å². The quantitative estimate of drug-likeness (QED) is 0.777. The van der Waals surface area contributed by atoms with Gasteiger partial charge in [0.05, 0.1) is 22.6 Å². The second-order valence-corrected chi connectivity index (χ2v) is 3.52. The molecule has 0 amide bonds. The van der Waals surface area contributed by atoms with Crippen LogP contribution in [0.3, 0.4) is 0 Å². The third-order valence-electron chi connectivity index (χ3n) is 2.02. The molecule has 0 atom stereocenters. The van der Waals surface area contributed by atoms with E-state index in [2.05, 4.69) is 4.98 Å². The van der Waals surface area contributed by atoms with Crippen LogP contribution in [-0.2, 0) is 0 Å². The Hall–Kier alpha value is -1.74. The minimum Gasteiger partial charge on any atom is -0.507 e. The lowest BCUT2D eigenvalue weighted by atomic mass is 10.1. The lowest BCUT2D eigenvalue weighted by molar-refractivity contribution is 0.477. The van der Waals surface area contributed by atoms with E-state index in [1.54, 1.807) is 24.3 Å². The molecule has 0 unspecified atom stereocenters. The summed E-state index contributed by atoms with van der Waals surface area (Å²) in [6.07, 6.45) is 1.51. The SMILES string of the molecule is Nc1cnc(-c2ccccc2O)c(Cl)c1. The van der Waals surface area contributed by atoms with Gasteiger partial charge in [-0.1, -0.05) is 23.7 Å². The van der Waals surface area contributed by atoms with Gasteiger partial charge in [-0.2, -0.15) is 0 Å². The Labute approximate surface area is 92.1 Å². The molecule has 3 nitrogen and oxygen atoms in total. The fraction of sp³-hybridized carbons (Fsp3) is 0. The molecular weight excluding hydrogens is 212 g/mol. The molecule has 1 heterocycles. The lowest BCUT2D eigenvalue weighted by Crippen LogP contribution is -1.90. The first-order valence-electron chi connectivity index (χ1n) is 4.38. The Kier molecular flexibility index (Phi) is 2.47. The van der Waals surface area contributed by atoms with Crippen LogP contribution in [0.5, 0.6) is 5.75 Å². The number of hydrogen-bond donors (Lipinski definition) is 2. The van der Waals surface area contributed by atoms with Crippen molar-refractivity contribution in [2.75, 3.05) is 5.73 Å². The topological polar surface area (TPSA) is 59.1 Å². The zero-order valence-corrected chi connectivity index (χ0v) is 8.57. The Morgan fingerprint density at radius 2 is 2.00 bits per heavy atom. The largest absolute Gasteiger partial charge is 0.507 e. The molecule has 0 bridgehead atoms. The van der Waals surface area contributed by atoms with Gasteiger partial charge >= 0.3 is 0 Å². The monoisotopic (exact) mass is 220 g/mol. The summed E-state index contributed by atoms with van der Waals surface area (Å²) in [6, 6.07) is 8.49. The highest BCUT2D eigenvalue weighted by Gasteiger charge is 2.08. The van der Waals surface area contributed by atoms with Crippen molar-refractivity contribution in [3.63, 3.8) is 0 Å². The van der Waals surface area contributed by atoms with E-state index in [-0.39, 0.29) is 5.75 Å². The number of rotatable bonds is 1. The van der Waals surface area contributed by atoms with Crippen LogP contribution in [0, 0.1) is 0 Å². The Morgan fingerprint density at radius 1 is 1.27 bits per heavy atom. The number of aromatic nitrogens is 1. The van der Waals surface area contributed by atoms with E-state index < -0.39 is 0 Å². The van der Waals surface area contributed by atoms with Crippen molar-refractivity contribution in [2.45, 2.75) is 0 Å². The van der Waals surface area contributed by atoms with Crippen molar-refractivity contribution in [2.24, 2.45) is 0 Å². The molecule has 0 fully saturated rings. The molecular formula is C11H9ClN2O. The average Bonchev–Trinajstić information content (AvgIpc) is 2.20. The summed E-state index contributed by atoms with van der Waals surface area (Å²) in [7, 11) is 0. The second-order valence-electron chi connectivity index (χ2n) is 3.12. The number of benzene rings is 1. The smallest absolute Gasteiger partial charge is 0.125 e. The van der Waals surface area contributed by atoms with Crippen LogP contribution in [-0.4, -0.2) is 10.1 Å². The van der Waals surface area contributed by atoms with Crippen molar-refractivity contribution in [3.05, 3.63) is 41.6 Å². The number of nitrogens with two attached hydrogens (primary N) is 1. The average molecular weight is 221 g/mol. The molecule has 4 heteroatoms. The highest BCUT2D eigenvalue weighted by Crippen LogP contribution is 2.32. The first-order chi connectivity index (χ1) is 7.18. The maximum Gasteiger partial charge on any atom is 0.125 e.